The lowest BCUT2D eigenvalue weighted by Gasteiger charge is -2.37. The second-order valence-electron chi connectivity index (χ2n) is 6.82. The molecule has 2 atom stereocenters. The molecule has 0 aliphatic carbocycles. The molecule has 1 aromatic carbocycles. The second-order valence-corrected chi connectivity index (χ2v) is 7.77. The molecule has 0 bridgehead atoms. The molecule has 25 heavy (non-hydrogen) atoms. The number of carboxylic acid groups (broad SMARTS) is 1. The van der Waals surface area contributed by atoms with Crippen LogP contribution in [0.5, 0.6) is 0 Å². The van der Waals surface area contributed by atoms with Gasteiger partial charge in [0.1, 0.15) is 0 Å². The van der Waals surface area contributed by atoms with E-state index < -0.39 is 5.97 Å². The molecule has 1 fully saturated rings. The third-order valence-electron chi connectivity index (χ3n) is 4.44. The van der Waals surface area contributed by atoms with Gasteiger partial charge in [0.2, 0.25) is 0 Å². The fourth-order valence-corrected chi connectivity index (χ4v) is 4.14. The predicted octanol–water partition coefficient (Wildman–Crippen LogP) is 4.18. The summed E-state index contributed by atoms with van der Waals surface area (Å²) in [5.74, 6) is -0.139. The van der Waals surface area contributed by atoms with Gasteiger partial charge in [-0.1, -0.05) is 19.9 Å². The van der Waals surface area contributed by atoms with Crippen molar-refractivity contribution in [2.24, 2.45) is 11.8 Å². The van der Waals surface area contributed by atoms with E-state index in [1.807, 2.05) is 11.4 Å². The molecule has 0 saturated carbocycles. The first-order chi connectivity index (χ1) is 11.9. The van der Waals surface area contributed by atoms with Crippen molar-refractivity contribution in [2.45, 2.75) is 20.3 Å². The zero-order valence-corrected chi connectivity index (χ0v) is 15.2. The lowest BCUT2D eigenvalue weighted by Crippen LogP contribution is -2.39. The third-order valence-corrected chi connectivity index (χ3v) is 5.31. The Hall–Kier alpha value is -2.34. The van der Waals surface area contributed by atoms with Crippen LogP contribution >= 0.6 is 11.3 Å². The SMILES string of the molecule is C[C@H]1C[C@H](C)CN(c2ccc(NC(=O)c3cccs3)cc2C(=O)O)C1. The molecule has 2 heterocycles. The van der Waals surface area contributed by atoms with E-state index in [1.165, 1.54) is 11.3 Å². The van der Waals surface area contributed by atoms with Crippen LogP contribution in [-0.4, -0.2) is 30.1 Å². The highest BCUT2D eigenvalue weighted by atomic mass is 32.1. The summed E-state index contributed by atoms with van der Waals surface area (Å²) in [4.78, 5) is 26.7. The molecule has 0 unspecified atom stereocenters. The van der Waals surface area contributed by atoms with Gasteiger partial charge in [-0.3, -0.25) is 4.79 Å². The van der Waals surface area contributed by atoms with Crippen LogP contribution < -0.4 is 10.2 Å². The Labute approximate surface area is 151 Å². The lowest BCUT2D eigenvalue weighted by molar-refractivity contribution is 0.0697. The van der Waals surface area contributed by atoms with Gasteiger partial charge in [0.05, 0.1) is 16.1 Å². The molecule has 2 aromatic rings. The summed E-state index contributed by atoms with van der Waals surface area (Å²) in [5.41, 5.74) is 1.45. The molecule has 6 heteroatoms. The van der Waals surface area contributed by atoms with E-state index in [2.05, 4.69) is 24.1 Å². The van der Waals surface area contributed by atoms with Crippen molar-refractivity contribution in [3.63, 3.8) is 0 Å². The van der Waals surface area contributed by atoms with Crippen molar-refractivity contribution in [3.8, 4) is 0 Å². The monoisotopic (exact) mass is 358 g/mol. The second kappa shape index (κ2) is 7.27. The average molecular weight is 358 g/mol. The highest BCUT2D eigenvalue weighted by Gasteiger charge is 2.25. The first-order valence-electron chi connectivity index (χ1n) is 8.41. The summed E-state index contributed by atoms with van der Waals surface area (Å²) in [6.07, 6.45) is 1.16. The number of rotatable bonds is 4. The van der Waals surface area contributed by atoms with E-state index in [0.717, 1.165) is 25.2 Å². The standard InChI is InChI=1S/C19H22N2O3S/c1-12-8-13(2)11-21(10-12)16-6-5-14(9-15(16)19(23)24)20-18(22)17-4-3-7-25-17/h3-7,9,12-13H,8,10-11H2,1-2H3,(H,20,22)(H,23,24)/t12-,13-/m0/s1. The van der Waals surface area contributed by atoms with Gasteiger partial charge in [-0.2, -0.15) is 0 Å². The number of carbonyl (C=O) groups is 2. The molecule has 5 nitrogen and oxygen atoms in total. The number of nitrogens with zero attached hydrogens (tertiary/aromatic N) is 1. The van der Waals surface area contributed by atoms with Crippen LogP contribution in [-0.2, 0) is 0 Å². The van der Waals surface area contributed by atoms with Gasteiger partial charge in [0.15, 0.2) is 0 Å². The number of nitrogens with one attached hydrogen (secondary N) is 1. The predicted molar refractivity (Wildman–Crippen MR) is 101 cm³/mol. The quantitative estimate of drug-likeness (QED) is 0.860. The highest BCUT2D eigenvalue weighted by Crippen LogP contribution is 2.30. The lowest BCUT2D eigenvalue weighted by atomic mass is 9.91. The van der Waals surface area contributed by atoms with E-state index in [0.29, 0.717) is 22.4 Å². The van der Waals surface area contributed by atoms with Crippen molar-refractivity contribution in [1.82, 2.24) is 0 Å². The van der Waals surface area contributed by atoms with Gasteiger partial charge in [-0.15, -0.1) is 11.3 Å². The number of aromatic carboxylic acids is 1. The Morgan fingerprint density at radius 1 is 1.20 bits per heavy atom. The Bertz CT molecular complexity index is 763. The molecule has 1 saturated heterocycles. The van der Waals surface area contributed by atoms with Crippen molar-refractivity contribution in [1.29, 1.82) is 0 Å². The van der Waals surface area contributed by atoms with Gasteiger partial charge in [0, 0.05) is 18.8 Å². The smallest absolute Gasteiger partial charge is 0.337 e. The Balaban J connectivity index is 1.85. The minimum Gasteiger partial charge on any atom is -0.478 e. The van der Waals surface area contributed by atoms with Gasteiger partial charge in [0.25, 0.3) is 5.91 Å². The van der Waals surface area contributed by atoms with E-state index >= 15 is 0 Å². The number of piperidine rings is 1. The van der Waals surface area contributed by atoms with E-state index in [-0.39, 0.29) is 11.5 Å². The van der Waals surface area contributed by atoms with E-state index in [1.54, 1.807) is 24.3 Å². The normalized spacial score (nSPS) is 20.3. The van der Waals surface area contributed by atoms with E-state index in [4.69, 9.17) is 0 Å². The maximum absolute atomic E-state index is 12.2. The number of hydrogen-bond acceptors (Lipinski definition) is 4. The van der Waals surface area contributed by atoms with Gasteiger partial charge >= 0.3 is 5.97 Å². The summed E-state index contributed by atoms with van der Waals surface area (Å²) in [6, 6.07) is 8.68. The van der Waals surface area contributed by atoms with Crippen LogP contribution in [0.25, 0.3) is 0 Å². The minimum atomic E-state index is -0.979. The van der Waals surface area contributed by atoms with Crippen LogP contribution in [0.2, 0.25) is 0 Å². The summed E-state index contributed by atoms with van der Waals surface area (Å²) >= 11 is 1.35. The maximum atomic E-state index is 12.2. The number of hydrogen-bond donors (Lipinski definition) is 2. The van der Waals surface area contributed by atoms with Crippen LogP contribution in [0.3, 0.4) is 0 Å². The molecule has 2 N–H and O–H groups in total. The van der Waals surface area contributed by atoms with Crippen LogP contribution in [0.15, 0.2) is 35.7 Å². The summed E-state index contributed by atoms with van der Waals surface area (Å²) in [6.45, 7) is 6.09. The number of amides is 1. The fourth-order valence-electron chi connectivity index (χ4n) is 3.52. The number of benzene rings is 1. The number of anilines is 2. The third kappa shape index (κ3) is 4.02. The minimum absolute atomic E-state index is 0.223. The molecule has 1 aliphatic heterocycles. The summed E-state index contributed by atoms with van der Waals surface area (Å²) < 4.78 is 0. The Morgan fingerprint density at radius 2 is 1.92 bits per heavy atom. The number of carboxylic acids is 1. The summed E-state index contributed by atoms with van der Waals surface area (Å²) in [5, 5.41) is 14.2. The fraction of sp³-hybridized carbons (Fsp3) is 0.368. The molecule has 0 spiro atoms. The van der Waals surface area contributed by atoms with Crippen molar-refractivity contribution in [2.75, 3.05) is 23.3 Å². The molecule has 1 amide bonds. The highest BCUT2D eigenvalue weighted by molar-refractivity contribution is 7.12. The molecule has 1 aromatic heterocycles. The zero-order valence-electron chi connectivity index (χ0n) is 14.4. The number of carbonyl (C=O) groups excluding carboxylic acids is 1. The van der Waals surface area contributed by atoms with Gasteiger partial charge in [-0.25, -0.2) is 4.79 Å². The van der Waals surface area contributed by atoms with Crippen LogP contribution in [0.4, 0.5) is 11.4 Å². The first kappa shape index (κ1) is 17.5. The molecule has 132 valence electrons. The average Bonchev–Trinajstić information content (AvgIpc) is 3.08. The van der Waals surface area contributed by atoms with Crippen LogP contribution in [0.1, 0.15) is 40.3 Å². The molecule has 0 radical (unpaired) electrons. The Kier molecular flexibility index (Phi) is 5.08. The Morgan fingerprint density at radius 3 is 2.52 bits per heavy atom. The van der Waals surface area contributed by atoms with Crippen molar-refractivity contribution >= 4 is 34.6 Å². The molecular weight excluding hydrogens is 336 g/mol. The van der Waals surface area contributed by atoms with Gasteiger partial charge < -0.3 is 15.3 Å². The first-order valence-corrected chi connectivity index (χ1v) is 9.29. The topological polar surface area (TPSA) is 69.6 Å². The number of thiophene rings is 1. The summed E-state index contributed by atoms with van der Waals surface area (Å²) in [7, 11) is 0. The zero-order chi connectivity index (χ0) is 18.0. The molecule has 3 rings (SSSR count). The van der Waals surface area contributed by atoms with E-state index in [9.17, 15) is 14.7 Å². The van der Waals surface area contributed by atoms with Crippen molar-refractivity contribution in [3.05, 3.63) is 46.2 Å². The molecular formula is C19H22N2O3S. The van der Waals surface area contributed by atoms with Crippen LogP contribution in [0, 0.1) is 11.8 Å². The van der Waals surface area contributed by atoms with Crippen molar-refractivity contribution < 1.29 is 14.7 Å². The largest absolute Gasteiger partial charge is 0.478 e. The van der Waals surface area contributed by atoms with Gasteiger partial charge in [-0.05, 0) is 47.9 Å². The molecule has 1 aliphatic rings. The maximum Gasteiger partial charge on any atom is 0.337 e.